The first-order valence-corrected chi connectivity index (χ1v) is 8.31. The fourth-order valence-electron chi connectivity index (χ4n) is 2.83. The van der Waals surface area contributed by atoms with Gasteiger partial charge in [-0.3, -0.25) is 4.79 Å². The zero-order valence-corrected chi connectivity index (χ0v) is 12.3. The molecule has 0 aromatic carbocycles. The summed E-state index contributed by atoms with van der Waals surface area (Å²) in [5.74, 6) is 1.48. The molecule has 4 heteroatoms. The third-order valence-electron chi connectivity index (χ3n) is 4.09. The average Bonchev–Trinajstić information content (AvgIpc) is 2.83. The second-order valence-corrected chi connectivity index (χ2v) is 7.55. The van der Waals surface area contributed by atoms with Gasteiger partial charge in [0.05, 0.1) is 0 Å². The van der Waals surface area contributed by atoms with Crippen LogP contribution in [0, 0.1) is 0 Å². The molecular formula is C14H26N2OS. The fraction of sp³-hybridized carbons (Fsp3) is 0.929. The van der Waals surface area contributed by atoms with Gasteiger partial charge in [0.1, 0.15) is 0 Å². The molecule has 0 bridgehead atoms. The number of carbonyl (C=O) groups excluding carboxylic acids is 1. The van der Waals surface area contributed by atoms with Gasteiger partial charge in [-0.05, 0) is 51.3 Å². The third-order valence-corrected chi connectivity index (χ3v) is 5.63. The molecule has 2 atom stereocenters. The van der Waals surface area contributed by atoms with Crippen LogP contribution in [0.5, 0.6) is 0 Å². The molecule has 3 nitrogen and oxygen atoms in total. The Morgan fingerprint density at radius 2 is 2.33 bits per heavy atom. The molecule has 2 N–H and O–H groups in total. The highest BCUT2D eigenvalue weighted by Crippen LogP contribution is 2.36. The number of carbonyl (C=O) groups is 1. The Hall–Kier alpha value is -0.220. The lowest BCUT2D eigenvalue weighted by atomic mass is 10.0. The summed E-state index contributed by atoms with van der Waals surface area (Å²) in [6, 6.07) is 0.570. The van der Waals surface area contributed by atoms with E-state index in [9.17, 15) is 4.79 Å². The van der Waals surface area contributed by atoms with Crippen LogP contribution in [-0.2, 0) is 4.79 Å². The maximum absolute atomic E-state index is 11.8. The van der Waals surface area contributed by atoms with Crippen molar-refractivity contribution in [2.75, 3.05) is 18.8 Å². The lowest BCUT2D eigenvalue weighted by Gasteiger charge is -2.24. The van der Waals surface area contributed by atoms with Crippen molar-refractivity contribution in [3.63, 3.8) is 0 Å². The van der Waals surface area contributed by atoms with Crippen LogP contribution in [0.4, 0.5) is 0 Å². The van der Waals surface area contributed by atoms with Crippen LogP contribution < -0.4 is 10.6 Å². The highest BCUT2D eigenvalue weighted by Gasteiger charge is 2.29. The van der Waals surface area contributed by atoms with Gasteiger partial charge >= 0.3 is 0 Å². The van der Waals surface area contributed by atoms with E-state index in [0.29, 0.717) is 17.2 Å². The molecule has 0 radical (unpaired) electrons. The Labute approximate surface area is 115 Å². The molecule has 0 aromatic heterocycles. The summed E-state index contributed by atoms with van der Waals surface area (Å²) in [7, 11) is 0. The summed E-state index contributed by atoms with van der Waals surface area (Å²) in [5, 5.41) is 6.61. The molecule has 0 spiro atoms. The Morgan fingerprint density at radius 3 is 3.00 bits per heavy atom. The number of piperidine rings is 1. The van der Waals surface area contributed by atoms with Crippen LogP contribution >= 0.6 is 11.8 Å². The molecule has 1 amide bonds. The summed E-state index contributed by atoms with van der Waals surface area (Å²) >= 11 is 2.01. The van der Waals surface area contributed by atoms with E-state index in [1.54, 1.807) is 0 Å². The van der Waals surface area contributed by atoms with E-state index in [1.165, 1.54) is 37.9 Å². The van der Waals surface area contributed by atoms with Gasteiger partial charge < -0.3 is 10.6 Å². The predicted octanol–water partition coefficient (Wildman–Crippen LogP) is 2.31. The van der Waals surface area contributed by atoms with Crippen LogP contribution in [0.2, 0.25) is 0 Å². The SMILES string of the molecule is CC1(CNC(=O)CCC2CCCCN2)CCCS1. The number of rotatable bonds is 5. The molecule has 18 heavy (non-hydrogen) atoms. The van der Waals surface area contributed by atoms with Gasteiger partial charge in [-0.15, -0.1) is 0 Å². The van der Waals surface area contributed by atoms with Crippen molar-refractivity contribution in [2.45, 2.75) is 62.7 Å². The summed E-state index contributed by atoms with van der Waals surface area (Å²) < 4.78 is 0.290. The zero-order valence-electron chi connectivity index (χ0n) is 11.5. The molecule has 2 fully saturated rings. The maximum Gasteiger partial charge on any atom is 0.220 e. The molecular weight excluding hydrogens is 244 g/mol. The van der Waals surface area contributed by atoms with Crippen LogP contribution in [0.25, 0.3) is 0 Å². The smallest absolute Gasteiger partial charge is 0.220 e. The zero-order chi connectivity index (χ0) is 12.8. The van der Waals surface area contributed by atoms with Crippen LogP contribution in [0.15, 0.2) is 0 Å². The number of hydrogen-bond donors (Lipinski definition) is 2. The van der Waals surface area contributed by atoms with Crippen molar-refractivity contribution >= 4 is 17.7 Å². The van der Waals surface area contributed by atoms with E-state index in [-0.39, 0.29) is 5.91 Å². The highest BCUT2D eigenvalue weighted by atomic mass is 32.2. The molecule has 104 valence electrons. The standard InChI is InChI=1S/C14H26N2OS/c1-14(8-4-10-18-14)11-16-13(17)7-6-12-5-2-3-9-15-12/h12,15H,2-11H2,1H3,(H,16,17). The molecule has 2 heterocycles. The Morgan fingerprint density at radius 1 is 1.44 bits per heavy atom. The normalized spacial score (nSPS) is 32.4. The van der Waals surface area contributed by atoms with Crippen molar-refractivity contribution < 1.29 is 4.79 Å². The molecule has 2 rings (SSSR count). The molecule has 2 aliphatic rings. The van der Waals surface area contributed by atoms with E-state index >= 15 is 0 Å². The first kappa shape index (κ1) is 14.2. The summed E-state index contributed by atoms with van der Waals surface area (Å²) in [6.07, 6.45) is 8.05. The average molecular weight is 270 g/mol. The van der Waals surface area contributed by atoms with Gasteiger partial charge in [-0.1, -0.05) is 6.42 Å². The molecule has 0 saturated carbocycles. The molecule has 2 saturated heterocycles. The van der Waals surface area contributed by atoms with Crippen molar-refractivity contribution in [1.82, 2.24) is 10.6 Å². The van der Waals surface area contributed by atoms with E-state index in [0.717, 1.165) is 19.5 Å². The lowest BCUT2D eigenvalue weighted by molar-refractivity contribution is -0.121. The van der Waals surface area contributed by atoms with Gasteiger partial charge in [0.2, 0.25) is 5.91 Å². The number of thioether (sulfide) groups is 1. The Bertz CT molecular complexity index is 271. The van der Waals surface area contributed by atoms with Crippen molar-refractivity contribution in [1.29, 1.82) is 0 Å². The molecule has 0 aliphatic carbocycles. The highest BCUT2D eigenvalue weighted by molar-refractivity contribution is 8.00. The number of nitrogens with one attached hydrogen (secondary N) is 2. The maximum atomic E-state index is 11.8. The Kier molecular flexibility index (Phi) is 5.37. The largest absolute Gasteiger partial charge is 0.355 e. The van der Waals surface area contributed by atoms with Gasteiger partial charge in [0.15, 0.2) is 0 Å². The third kappa shape index (κ3) is 4.47. The monoisotopic (exact) mass is 270 g/mol. The van der Waals surface area contributed by atoms with Crippen LogP contribution in [0.1, 0.15) is 51.9 Å². The van der Waals surface area contributed by atoms with Crippen LogP contribution in [-0.4, -0.2) is 35.5 Å². The quantitative estimate of drug-likeness (QED) is 0.805. The minimum atomic E-state index is 0.232. The van der Waals surface area contributed by atoms with Crippen molar-refractivity contribution in [3.05, 3.63) is 0 Å². The molecule has 0 aromatic rings. The van der Waals surface area contributed by atoms with E-state index in [1.807, 2.05) is 11.8 Å². The topological polar surface area (TPSA) is 41.1 Å². The van der Waals surface area contributed by atoms with E-state index < -0.39 is 0 Å². The van der Waals surface area contributed by atoms with Gasteiger partial charge in [-0.25, -0.2) is 0 Å². The van der Waals surface area contributed by atoms with E-state index in [2.05, 4.69) is 17.6 Å². The van der Waals surface area contributed by atoms with Crippen LogP contribution in [0.3, 0.4) is 0 Å². The van der Waals surface area contributed by atoms with Gasteiger partial charge in [0, 0.05) is 23.8 Å². The molecule has 2 aliphatic heterocycles. The summed E-state index contributed by atoms with van der Waals surface area (Å²) in [5.41, 5.74) is 0. The summed E-state index contributed by atoms with van der Waals surface area (Å²) in [6.45, 7) is 4.24. The first-order valence-electron chi connectivity index (χ1n) is 7.32. The summed E-state index contributed by atoms with van der Waals surface area (Å²) in [4.78, 5) is 11.8. The molecule has 2 unspecified atom stereocenters. The minimum Gasteiger partial charge on any atom is -0.355 e. The second kappa shape index (κ2) is 6.80. The van der Waals surface area contributed by atoms with Crippen molar-refractivity contribution in [2.24, 2.45) is 0 Å². The second-order valence-electron chi connectivity index (χ2n) is 5.86. The number of amides is 1. The van der Waals surface area contributed by atoms with Gasteiger partial charge in [0.25, 0.3) is 0 Å². The van der Waals surface area contributed by atoms with Gasteiger partial charge in [-0.2, -0.15) is 11.8 Å². The van der Waals surface area contributed by atoms with Crippen molar-refractivity contribution in [3.8, 4) is 0 Å². The van der Waals surface area contributed by atoms with E-state index in [4.69, 9.17) is 0 Å². The number of hydrogen-bond acceptors (Lipinski definition) is 3. The Balaban J connectivity index is 1.59. The lowest BCUT2D eigenvalue weighted by Crippen LogP contribution is -2.38. The minimum absolute atomic E-state index is 0.232. The fourth-order valence-corrected chi connectivity index (χ4v) is 4.07. The predicted molar refractivity (Wildman–Crippen MR) is 78.0 cm³/mol. The first-order chi connectivity index (χ1) is 8.68.